The van der Waals surface area contributed by atoms with Gasteiger partial charge in [0, 0.05) is 20.9 Å². The molecular weight excluding hydrogens is 328 g/mol. The van der Waals surface area contributed by atoms with E-state index in [-0.39, 0.29) is 0 Å². The average molecular weight is 342 g/mol. The highest BCUT2D eigenvalue weighted by molar-refractivity contribution is 7.80. The van der Waals surface area contributed by atoms with Crippen LogP contribution in [0.25, 0.3) is 22.3 Å². The third kappa shape index (κ3) is 3.14. The maximum atomic E-state index is 4.39. The third-order valence-corrected chi connectivity index (χ3v) is 4.56. The fraction of sp³-hybridized carbons (Fsp3) is 0. The largest absolute Gasteiger partial charge is 0.143 e. The lowest BCUT2D eigenvalue weighted by molar-refractivity contribution is 1.54. The van der Waals surface area contributed by atoms with Gasteiger partial charge in [-0.3, -0.25) is 0 Å². The molecule has 4 aliphatic carbocycles. The smallest absolute Gasteiger partial charge is 0.0261 e. The summed E-state index contributed by atoms with van der Waals surface area (Å²) >= 11 is 8.76. The van der Waals surface area contributed by atoms with E-state index in [0.717, 1.165) is 20.9 Å². The Hall–Kier alpha value is -2.34. The molecule has 0 aromatic carbocycles. The second-order valence-electron chi connectivity index (χ2n) is 5.74. The molecule has 0 unspecified atom stereocenters. The van der Waals surface area contributed by atoms with E-state index in [0.29, 0.717) is 0 Å². The minimum absolute atomic E-state index is 0.957. The average Bonchev–Trinajstić information content (AvgIpc) is 3.01. The van der Waals surface area contributed by atoms with Crippen molar-refractivity contribution in [2.45, 2.75) is 9.79 Å². The predicted octanol–water partition coefficient (Wildman–Crippen LogP) is 5.87. The van der Waals surface area contributed by atoms with E-state index in [9.17, 15) is 0 Å². The van der Waals surface area contributed by atoms with E-state index in [1.165, 1.54) is 22.3 Å². The number of hydrogen-bond acceptors (Lipinski definition) is 2. The van der Waals surface area contributed by atoms with Crippen LogP contribution in [0.4, 0.5) is 0 Å². The molecule has 0 bridgehead atoms. The number of rotatable bonds is 0. The normalized spacial score (nSPS) is 10.6. The molecule has 4 aliphatic rings. The van der Waals surface area contributed by atoms with Crippen molar-refractivity contribution in [1.82, 2.24) is 0 Å². The van der Waals surface area contributed by atoms with Gasteiger partial charge in [-0.05, 0) is 70.8 Å². The van der Waals surface area contributed by atoms with Crippen molar-refractivity contribution in [3.8, 4) is 34.1 Å². The van der Waals surface area contributed by atoms with Gasteiger partial charge in [0.15, 0.2) is 0 Å². The summed E-state index contributed by atoms with van der Waals surface area (Å²) in [5, 5.41) is 0. The molecule has 114 valence electrons. The van der Waals surface area contributed by atoms with Gasteiger partial charge < -0.3 is 0 Å². The Morgan fingerprint density at radius 1 is 0.458 bits per heavy atom. The molecule has 0 aliphatic heterocycles. The summed E-state index contributed by atoms with van der Waals surface area (Å²) in [6, 6.07) is 24.8. The summed E-state index contributed by atoms with van der Waals surface area (Å²) in [6.07, 6.45) is 0. The maximum Gasteiger partial charge on any atom is 0.0261 e. The molecule has 0 amide bonds. The summed E-state index contributed by atoms with van der Waals surface area (Å²) in [5.74, 6) is 6.52. The first kappa shape index (κ1) is 15.2. The Morgan fingerprint density at radius 3 is 1.50 bits per heavy atom. The fourth-order valence-electron chi connectivity index (χ4n) is 2.77. The Labute approximate surface area is 153 Å². The molecular formula is C22H14S2. The van der Waals surface area contributed by atoms with Crippen LogP contribution in [-0.2, 0) is 0 Å². The van der Waals surface area contributed by atoms with Crippen molar-refractivity contribution in [1.29, 1.82) is 0 Å². The highest BCUT2D eigenvalue weighted by Crippen LogP contribution is 2.28. The first-order valence-electron chi connectivity index (χ1n) is 7.65. The molecule has 0 aromatic heterocycles. The first-order valence-corrected chi connectivity index (χ1v) is 8.54. The van der Waals surface area contributed by atoms with Gasteiger partial charge in [-0.1, -0.05) is 36.1 Å². The van der Waals surface area contributed by atoms with E-state index < -0.39 is 0 Å². The first-order chi connectivity index (χ1) is 11.7. The van der Waals surface area contributed by atoms with Gasteiger partial charge in [0.05, 0.1) is 0 Å². The lowest BCUT2D eigenvalue weighted by atomic mass is 10.2. The van der Waals surface area contributed by atoms with Crippen LogP contribution in [0.2, 0.25) is 0 Å². The molecule has 0 atom stereocenters. The second kappa shape index (κ2) is 6.28. The van der Waals surface area contributed by atoms with Gasteiger partial charge in [0.2, 0.25) is 0 Å². The van der Waals surface area contributed by atoms with Gasteiger partial charge >= 0.3 is 0 Å². The summed E-state index contributed by atoms with van der Waals surface area (Å²) < 4.78 is 0. The second-order valence-corrected chi connectivity index (χ2v) is 6.78. The van der Waals surface area contributed by atoms with Crippen LogP contribution in [0.1, 0.15) is 11.1 Å². The lowest BCUT2D eigenvalue weighted by Gasteiger charge is -1.85. The molecule has 0 saturated carbocycles. The molecule has 2 heteroatoms. The Bertz CT molecular complexity index is 964. The van der Waals surface area contributed by atoms with Crippen molar-refractivity contribution >= 4 is 25.3 Å². The van der Waals surface area contributed by atoms with E-state index in [1.807, 2.05) is 12.1 Å². The summed E-state index contributed by atoms with van der Waals surface area (Å²) in [6.45, 7) is 0. The molecule has 0 nitrogen and oxygen atoms in total. The zero-order valence-corrected chi connectivity index (χ0v) is 14.6. The minimum Gasteiger partial charge on any atom is -0.143 e. The summed E-state index contributed by atoms with van der Waals surface area (Å²) in [7, 11) is 0. The van der Waals surface area contributed by atoms with Crippen molar-refractivity contribution in [3.05, 3.63) is 83.9 Å². The van der Waals surface area contributed by atoms with Crippen molar-refractivity contribution in [3.63, 3.8) is 0 Å². The Kier molecular flexibility index (Phi) is 3.98. The number of fused-ring (bicyclic) bond motifs is 2. The van der Waals surface area contributed by atoms with Crippen LogP contribution in [0.15, 0.2) is 82.6 Å². The summed E-state index contributed by atoms with van der Waals surface area (Å²) in [4.78, 5) is 1.95. The molecule has 0 aromatic rings. The third-order valence-electron chi connectivity index (χ3n) is 4.00. The van der Waals surface area contributed by atoms with Gasteiger partial charge in [-0.15, -0.1) is 25.3 Å². The topological polar surface area (TPSA) is 0 Å². The zero-order valence-electron chi connectivity index (χ0n) is 12.8. The molecule has 0 N–H and O–H groups in total. The number of thiol groups is 2. The monoisotopic (exact) mass is 342 g/mol. The van der Waals surface area contributed by atoms with Gasteiger partial charge in [-0.2, -0.15) is 0 Å². The highest BCUT2D eigenvalue weighted by atomic mass is 32.1. The molecule has 0 heterocycles. The van der Waals surface area contributed by atoms with Crippen LogP contribution in [0, 0.1) is 11.8 Å². The summed E-state index contributed by atoms with van der Waals surface area (Å²) in [5.41, 5.74) is 6.75. The molecule has 0 fully saturated rings. The van der Waals surface area contributed by atoms with Gasteiger partial charge in [0.1, 0.15) is 0 Å². The molecule has 0 radical (unpaired) electrons. The SMILES string of the molecule is Sc1ccc2cc(C#Cc3ccc4cc(S)cc-4cc3)cc-2cc1. The van der Waals surface area contributed by atoms with E-state index in [4.69, 9.17) is 0 Å². The quantitative estimate of drug-likeness (QED) is 0.290. The van der Waals surface area contributed by atoms with Crippen LogP contribution in [0.5, 0.6) is 0 Å². The number of hydrogen-bond donors (Lipinski definition) is 2. The fourth-order valence-corrected chi connectivity index (χ4v) is 3.20. The standard InChI is InChI=1S/C22H14S2/c23-21-9-7-17-11-16(12-18(17)8-10-21)2-1-15-3-5-19-13-22(24)14-20(19)6-4-15/h3-14,23-24H. The highest BCUT2D eigenvalue weighted by Gasteiger charge is 2.04. The van der Waals surface area contributed by atoms with E-state index >= 15 is 0 Å². The van der Waals surface area contributed by atoms with Crippen LogP contribution in [-0.4, -0.2) is 0 Å². The Balaban J connectivity index is 1.69. The molecule has 0 saturated heterocycles. The van der Waals surface area contributed by atoms with Crippen LogP contribution >= 0.6 is 25.3 Å². The van der Waals surface area contributed by atoms with Crippen molar-refractivity contribution < 1.29 is 0 Å². The lowest BCUT2D eigenvalue weighted by Crippen LogP contribution is -1.68. The minimum atomic E-state index is 0.957. The molecule has 4 rings (SSSR count). The van der Waals surface area contributed by atoms with E-state index in [2.05, 4.69) is 97.8 Å². The van der Waals surface area contributed by atoms with Crippen LogP contribution in [0.3, 0.4) is 0 Å². The van der Waals surface area contributed by atoms with Crippen molar-refractivity contribution in [2.24, 2.45) is 0 Å². The van der Waals surface area contributed by atoms with E-state index in [1.54, 1.807) is 0 Å². The molecule has 24 heavy (non-hydrogen) atoms. The zero-order chi connectivity index (χ0) is 16.5. The predicted molar refractivity (Wildman–Crippen MR) is 107 cm³/mol. The van der Waals surface area contributed by atoms with Gasteiger partial charge in [0.25, 0.3) is 0 Å². The van der Waals surface area contributed by atoms with Crippen LogP contribution < -0.4 is 0 Å². The van der Waals surface area contributed by atoms with Crippen molar-refractivity contribution in [2.75, 3.05) is 0 Å². The molecule has 0 spiro atoms. The Morgan fingerprint density at radius 2 is 0.917 bits per heavy atom. The maximum absolute atomic E-state index is 4.39. The van der Waals surface area contributed by atoms with Gasteiger partial charge in [-0.25, -0.2) is 0 Å².